The number of ketones is 1. The van der Waals surface area contributed by atoms with E-state index in [1.54, 1.807) is 42.3 Å². The van der Waals surface area contributed by atoms with Crippen LogP contribution in [0.2, 0.25) is 0 Å². The number of nitrogens with zero attached hydrogens (tertiary/aromatic N) is 3. The number of anilines is 1. The Labute approximate surface area is 192 Å². The SMILES string of the molecule is CCCC(=O)c1cc(C)c(-c2cc3cnc(NC(=O)C4CC4)cc3n(CCOC)c2=O)cn1. The molecular weight excluding hydrogens is 420 g/mol. The van der Waals surface area contributed by atoms with E-state index < -0.39 is 0 Å². The molecule has 3 heterocycles. The Balaban J connectivity index is 1.79. The van der Waals surface area contributed by atoms with Crippen molar-refractivity contribution in [3.8, 4) is 11.1 Å². The molecule has 1 N–H and O–H groups in total. The number of ether oxygens (including phenoxy) is 1. The van der Waals surface area contributed by atoms with E-state index in [1.165, 1.54) is 0 Å². The molecule has 0 spiro atoms. The topological polar surface area (TPSA) is 103 Å². The quantitative estimate of drug-likeness (QED) is 0.500. The van der Waals surface area contributed by atoms with Gasteiger partial charge in [-0.15, -0.1) is 0 Å². The van der Waals surface area contributed by atoms with Gasteiger partial charge in [0.05, 0.1) is 12.1 Å². The first-order chi connectivity index (χ1) is 15.9. The van der Waals surface area contributed by atoms with Gasteiger partial charge in [0.1, 0.15) is 11.5 Å². The molecule has 1 amide bonds. The molecule has 1 fully saturated rings. The Morgan fingerprint density at radius 2 is 1.94 bits per heavy atom. The normalized spacial score (nSPS) is 13.3. The van der Waals surface area contributed by atoms with Gasteiger partial charge in [-0.25, -0.2) is 4.98 Å². The molecule has 0 unspecified atom stereocenters. The summed E-state index contributed by atoms with van der Waals surface area (Å²) in [5, 5.41) is 3.60. The number of amides is 1. The minimum absolute atomic E-state index is 0.00635. The van der Waals surface area contributed by atoms with Crippen molar-refractivity contribution in [1.29, 1.82) is 0 Å². The monoisotopic (exact) mass is 448 g/mol. The van der Waals surface area contributed by atoms with Crippen LogP contribution in [0.1, 0.15) is 48.7 Å². The van der Waals surface area contributed by atoms with Gasteiger partial charge < -0.3 is 14.6 Å². The molecule has 0 bridgehead atoms. The molecule has 0 saturated heterocycles. The van der Waals surface area contributed by atoms with Crippen LogP contribution in [0, 0.1) is 12.8 Å². The van der Waals surface area contributed by atoms with Gasteiger partial charge in [0.2, 0.25) is 5.91 Å². The number of hydrogen-bond donors (Lipinski definition) is 1. The van der Waals surface area contributed by atoms with Crippen LogP contribution in [0.3, 0.4) is 0 Å². The number of carbonyl (C=O) groups is 2. The molecule has 1 aliphatic carbocycles. The summed E-state index contributed by atoms with van der Waals surface area (Å²) >= 11 is 0. The fraction of sp³-hybridized carbons (Fsp3) is 0.400. The van der Waals surface area contributed by atoms with Gasteiger partial charge >= 0.3 is 0 Å². The average Bonchev–Trinajstić information content (AvgIpc) is 3.64. The third-order valence-corrected chi connectivity index (χ3v) is 5.86. The maximum Gasteiger partial charge on any atom is 0.259 e. The van der Waals surface area contributed by atoms with Crippen molar-refractivity contribution in [2.75, 3.05) is 19.0 Å². The number of nitrogens with one attached hydrogen (secondary N) is 1. The highest BCUT2D eigenvalue weighted by molar-refractivity contribution is 5.96. The fourth-order valence-electron chi connectivity index (χ4n) is 3.86. The van der Waals surface area contributed by atoms with E-state index in [0.29, 0.717) is 47.7 Å². The lowest BCUT2D eigenvalue weighted by Gasteiger charge is -2.15. The lowest BCUT2D eigenvalue weighted by atomic mass is 10.0. The lowest BCUT2D eigenvalue weighted by molar-refractivity contribution is -0.117. The van der Waals surface area contributed by atoms with Crippen LogP contribution in [0.15, 0.2) is 35.4 Å². The minimum atomic E-state index is -0.192. The molecule has 0 atom stereocenters. The van der Waals surface area contributed by atoms with Gasteiger partial charge in [-0.2, -0.15) is 0 Å². The summed E-state index contributed by atoms with van der Waals surface area (Å²) in [6.45, 7) is 4.52. The molecule has 3 aromatic heterocycles. The molecule has 0 radical (unpaired) electrons. The molecule has 8 nitrogen and oxygen atoms in total. The zero-order valence-corrected chi connectivity index (χ0v) is 19.2. The van der Waals surface area contributed by atoms with E-state index in [2.05, 4.69) is 15.3 Å². The van der Waals surface area contributed by atoms with Crippen LogP contribution in [-0.2, 0) is 16.1 Å². The number of hydrogen-bond acceptors (Lipinski definition) is 6. The van der Waals surface area contributed by atoms with Crippen LogP contribution in [0.4, 0.5) is 5.82 Å². The second kappa shape index (κ2) is 9.62. The predicted molar refractivity (Wildman–Crippen MR) is 126 cm³/mol. The van der Waals surface area contributed by atoms with Crippen molar-refractivity contribution in [3.63, 3.8) is 0 Å². The largest absolute Gasteiger partial charge is 0.383 e. The summed E-state index contributed by atoms with van der Waals surface area (Å²) < 4.78 is 6.86. The highest BCUT2D eigenvalue weighted by atomic mass is 16.5. The summed E-state index contributed by atoms with van der Waals surface area (Å²) in [6.07, 6.45) is 6.25. The van der Waals surface area contributed by atoms with E-state index in [0.717, 1.165) is 30.2 Å². The first kappa shape index (κ1) is 22.8. The number of Topliss-reactive ketones (excluding diaryl/α,β-unsaturated/α-hetero) is 1. The summed E-state index contributed by atoms with van der Waals surface area (Å²) in [4.78, 5) is 46.6. The Hall–Kier alpha value is -3.39. The molecule has 3 aromatic rings. The van der Waals surface area contributed by atoms with Crippen LogP contribution in [-0.4, -0.2) is 39.9 Å². The Bertz CT molecular complexity index is 1280. The molecule has 4 rings (SSSR count). The Morgan fingerprint density at radius 3 is 2.61 bits per heavy atom. The minimum Gasteiger partial charge on any atom is -0.383 e. The highest BCUT2D eigenvalue weighted by Crippen LogP contribution is 2.30. The predicted octanol–water partition coefficient (Wildman–Crippen LogP) is 3.74. The number of methoxy groups -OCH3 is 1. The zero-order chi connectivity index (χ0) is 23.5. The molecule has 0 aliphatic heterocycles. The van der Waals surface area contributed by atoms with E-state index in [9.17, 15) is 14.4 Å². The van der Waals surface area contributed by atoms with E-state index in [-0.39, 0.29) is 23.2 Å². The first-order valence-corrected chi connectivity index (χ1v) is 11.3. The van der Waals surface area contributed by atoms with Crippen molar-refractivity contribution in [3.05, 3.63) is 52.2 Å². The highest BCUT2D eigenvalue weighted by Gasteiger charge is 2.30. The van der Waals surface area contributed by atoms with E-state index in [1.807, 2.05) is 13.8 Å². The second-order valence-corrected chi connectivity index (χ2v) is 8.46. The smallest absolute Gasteiger partial charge is 0.259 e. The van der Waals surface area contributed by atoms with Crippen molar-refractivity contribution >= 4 is 28.4 Å². The maximum absolute atomic E-state index is 13.5. The van der Waals surface area contributed by atoms with Gasteiger partial charge in [0.15, 0.2) is 5.78 Å². The molecule has 0 aromatic carbocycles. The number of rotatable bonds is 9. The fourth-order valence-corrected chi connectivity index (χ4v) is 3.86. The standard InChI is InChI=1S/C25H28N4O4/c1-4-5-22(30)20-10-15(2)19(14-26-20)18-11-17-13-27-23(28-24(31)16-6-7-16)12-21(17)29(25(18)32)8-9-33-3/h10-14,16H,4-9H2,1-3H3,(H,27,28,31). The van der Waals surface area contributed by atoms with E-state index in [4.69, 9.17) is 4.74 Å². The van der Waals surface area contributed by atoms with Gasteiger partial charge in [-0.1, -0.05) is 6.92 Å². The van der Waals surface area contributed by atoms with Gasteiger partial charge in [0, 0.05) is 61.0 Å². The number of fused-ring (bicyclic) bond motifs is 1. The van der Waals surface area contributed by atoms with Gasteiger partial charge in [-0.05, 0) is 43.9 Å². The van der Waals surface area contributed by atoms with Crippen LogP contribution in [0.25, 0.3) is 22.0 Å². The zero-order valence-electron chi connectivity index (χ0n) is 19.2. The summed E-state index contributed by atoms with van der Waals surface area (Å²) in [5.74, 6) is 0.439. The van der Waals surface area contributed by atoms with Crippen LogP contribution < -0.4 is 10.9 Å². The van der Waals surface area contributed by atoms with Crippen molar-refractivity contribution in [1.82, 2.24) is 14.5 Å². The third kappa shape index (κ3) is 4.85. The lowest BCUT2D eigenvalue weighted by Crippen LogP contribution is -2.25. The summed E-state index contributed by atoms with van der Waals surface area (Å²) in [5.41, 5.74) is 2.85. The van der Waals surface area contributed by atoms with Crippen LogP contribution in [0.5, 0.6) is 0 Å². The number of aromatic nitrogens is 3. The average molecular weight is 449 g/mol. The molecular formula is C25H28N4O4. The molecule has 1 saturated carbocycles. The van der Waals surface area contributed by atoms with Crippen molar-refractivity contribution in [2.24, 2.45) is 5.92 Å². The maximum atomic E-state index is 13.5. The summed E-state index contributed by atoms with van der Waals surface area (Å²) in [7, 11) is 1.58. The Kier molecular flexibility index (Phi) is 6.65. The number of aryl methyl sites for hydroxylation is 1. The third-order valence-electron chi connectivity index (χ3n) is 5.86. The van der Waals surface area contributed by atoms with Gasteiger partial charge in [0.25, 0.3) is 5.56 Å². The molecule has 33 heavy (non-hydrogen) atoms. The van der Waals surface area contributed by atoms with Gasteiger partial charge in [-0.3, -0.25) is 19.4 Å². The number of pyridine rings is 3. The Morgan fingerprint density at radius 1 is 1.15 bits per heavy atom. The molecule has 8 heteroatoms. The van der Waals surface area contributed by atoms with Crippen molar-refractivity contribution < 1.29 is 14.3 Å². The first-order valence-electron chi connectivity index (χ1n) is 11.3. The van der Waals surface area contributed by atoms with Crippen LogP contribution >= 0.6 is 0 Å². The second-order valence-electron chi connectivity index (χ2n) is 8.46. The molecule has 172 valence electrons. The van der Waals surface area contributed by atoms with E-state index >= 15 is 0 Å². The summed E-state index contributed by atoms with van der Waals surface area (Å²) in [6, 6.07) is 5.26. The molecule has 1 aliphatic rings. The number of carbonyl (C=O) groups excluding carboxylic acids is 2. The van der Waals surface area contributed by atoms with Crippen molar-refractivity contribution in [2.45, 2.75) is 46.1 Å².